The van der Waals surface area contributed by atoms with Crippen LogP contribution in [0.1, 0.15) is 10.4 Å². The summed E-state index contributed by atoms with van der Waals surface area (Å²) in [6, 6.07) is 1.61. The standard InChI is InChI=1S/C8H11N3O2/c1-11(9)8(12)6-5-10-4-3-7(6)13-2/h3-5H,9H2,1-2H3. The smallest absolute Gasteiger partial charge is 0.272 e. The molecule has 1 amide bonds. The van der Waals surface area contributed by atoms with E-state index in [1.165, 1.54) is 20.4 Å². The Hall–Kier alpha value is -1.62. The Kier molecular flexibility index (Phi) is 2.81. The molecule has 0 aromatic carbocycles. The van der Waals surface area contributed by atoms with Gasteiger partial charge in [0.2, 0.25) is 0 Å². The van der Waals surface area contributed by atoms with Crippen LogP contribution in [-0.4, -0.2) is 30.1 Å². The Bertz CT molecular complexity index is 312. The number of carbonyl (C=O) groups is 1. The van der Waals surface area contributed by atoms with Crippen molar-refractivity contribution >= 4 is 5.91 Å². The van der Waals surface area contributed by atoms with Crippen LogP contribution < -0.4 is 10.6 Å². The van der Waals surface area contributed by atoms with Gasteiger partial charge in [0.1, 0.15) is 11.3 Å². The second kappa shape index (κ2) is 3.86. The summed E-state index contributed by atoms with van der Waals surface area (Å²) in [6.07, 6.45) is 2.97. The first-order valence-corrected chi connectivity index (χ1v) is 3.67. The molecule has 1 aromatic rings. The lowest BCUT2D eigenvalue weighted by Crippen LogP contribution is -2.33. The molecule has 0 saturated heterocycles. The fraction of sp³-hybridized carbons (Fsp3) is 0.250. The number of carbonyl (C=O) groups excluding carboxylic acids is 1. The van der Waals surface area contributed by atoms with Crippen LogP contribution in [0.2, 0.25) is 0 Å². The van der Waals surface area contributed by atoms with Gasteiger partial charge in [0.25, 0.3) is 5.91 Å². The van der Waals surface area contributed by atoms with E-state index < -0.39 is 0 Å². The van der Waals surface area contributed by atoms with Crippen molar-refractivity contribution in [2.75, 3.05) is 14.2 Å². The van der Waals surface area contributed by atoms with Crippen molar-refractivity contribution in [3.8, 4) is 5.75 Å². The number of rotatable bonds is 2. The fourth-order valence-corrected chi connectivity index (χ4v) is 0.910. The lowest BCUT2D eigenvalue weighted by molar-refractivity contribution is 0.0791. The van der Waals surface area contributed by atoms with E-state index in [2.05, 4.69) is 4.98 Å². The predicted octanol–water partition coefficient (Wildman–Crippen LogP) is 0.0359. The molecule has 0 saturated carbocycles. The number of ether oxygens (including phenoxy) is 1. The number of hydrogen-bond acceptors (Lipinski definition) is 4. The van der Waals surface area contributed by atoms with Gasteiger partial charge in [0.05, 0.1) is 7.11 Å². The monoisotopic (exact) mass is 181 g/mol. The number of aromatic nitrogens is 1. The molecule has 0 aliphatic carbocycles. The summed E-state index contributed by atoms with van der Waals surface area (Å²) in [7, 11) is 2.96. The molecule has 0 aliphatic rings. The molecule has 0 aliphatic heterocycles. The summed E-state index contributed by atoms with van der Waals surface area (Å²) >= 11 is 0. The Morgan fingerprint density at radius 1 is 1.69 bits per heavy atom. The van der Waals surface area contributed by atoms with Crippen LogP contribution in [0.25, 0.3) is 0 Å². The average Bonchev–Trinajstić information content (AvgIpc) is 2.16. The van der Waals surface area contributed by atoms with Gasteiger partial charge in [-0.2, -0.15) is 0 Å². The predicted molar refractivity (Wildman–Crippen MR) is 47.1 cm³/mol. The van der Waals surface area contributed by atoms with E-state index in [1.54, 1.807) is 12.3 Å². The van der Waals surface area contributed by atoms with Gasteiger partial charge in [-0.05, 0) is 6.07 Å². The molecule has 0 bridgehead atoms. The van der Waals surface area contributed by atoms with Gasteiger partial charge in [0, 0.05) is 19.4 Å². The Morgan fingerprint density at radius 3 is 2.92 bits per heavy atom. The molecular weight excluding hydrogens is 170 g/mol. The third-order valence-electron chi connectivity index (χ3n) is 1.55. The first-order chi connectivity index (χ1) is 6.16. The van der Waals surface area contributed by atoms with Gasteiger partial charge in [-0.3, -0.25) is 14.8 Å². The number of hydrogen-bond donors (Lipinski definition) is 1. The molecule has 1 aromatic heterocycles. The van der Waals surface area contributed by atoms with Gasteiger partial charge in [-0.25, -0.2) is 5.84 Å². The van der Waals surface area contributed by atoms with E-state index in [9.17, 15) is 4.79 Å². The maximum absolute atomic E-state index is 11.4. The maximum Gasteiger partial charge on any atom is 0.272 e. The number of methoxy groups -OCH3 is 1. The SMILES string of the molecule is COc1ccncc1C(=O)N(C)N. The molecule has 2 N–H and O–H groups in total. The van der Waals surface area contributed by atoms with Crippen molar-refractivity contribution in [3.05, 3.63) is 24.0 Å². The van der Waals surface area contributed by atoms with E-state index in [0.29, 0.717) is 11.3 Å². The number of pyridine rings is 1. The first kappa shape index (κ1) is 9.47. The summed E-state index contributed by atoms with van der Waals surface area (Å²) in [5, 5.41) is 0.986. The normalized spacial score (nSPS) is 9.46. The van der Waals surface area contributed by atoms with E-state index >= 15 is 0 Å². The van der Waals surface area contributed by atoms with Crippen molar-refractivity contribution in [1.29, 1.82) is 0 Å². The van der Waals surface area contributed by atoms with Crippen LogP contribution in [0.4, 0.5) is 0 Å². The Morgan fingerprint density at radius 2 is 2.38 bits per heavy atom. The summed E-state index contributed by atoms with van der Waals surface area (Å²) in [5.41, 5.74) is 0.356. The van der Waals surface area contributed by atoms with Crippen LogP contribution >= 0.6 is 0 Å². The minimum Gasteiger partial charge on any atom is -0.496 e. The van der Waals surface area contributed by atoms with Gasteiger partial charge < -0.3 is 4.74 Å². The van der Waals surface area contributed by atoms with Crippen LogP contribution in [0.15, 0.2) is 18.5 Å². The lowest BCUT2D eigenvalue weighted by Gasteiger charge is -2.11. The van der Waals surface area contributed by atoms with E-state index in [1.807, 2.05) is 0 Å². The molecule has 0 spiro atoms. The van der Waals surface area contributed by atoms with Crippen molar-refractivity contribution in [3.63, 3.8) is 0 Å². The molecule has 0 radical (unpaired) electrons. The molecule has 13 heavy (non-hydrogen) atoms. The van der Waals surface area contributed by atoms with Gasteiger partial charge >= 0.3 is 0 Å². The zero-order valence-electron chi connectivity index (χ0n) is 7.52. The highest BCUT2D eigenvalue weighted by Crippen LogP contribution is 2.16. The topological polar surface area (TPSA) is 68.5 Å². The molecule has 70 valence electrons. The van der Waals surface area contributed by atoms with E-state index in [-0.39, 0.29) is 5.91 Å². The molecule has 1 rings (SSSR count). The summed E-state index contributed by atoms with van der Waals surface area (Å²) in [6.45, 7) is 0. The van der Waals surface area contributed by atoms with Crippen LogP contribution in [0.5, 0.6) is 5.75 Å². The Labute approximate surface area is 76.1 Å². The minimum atomic E-state index is -0.329. The van der Waals surface area contributed by atoms with Crippen molar-refractivity contribution in [2.45, 2.75) is 0 Å². The highest BCUT2D eigenvalue weighted by molar-refractivity contribution is 5.96. The molecule has 1 heterocycles. The highest BCUT2D eigenvalue weighted by atomic mass is 16.5. The Balaban J connectivity index is 3.06. The highest BCUT2D eigenvalue weighted by Gasteiger charge is 2.13. The van der Waals surface area contributed by atoms with Crippen molar-refractivity contribution in [1.82, 2.24) is 9.99 Å². The summed E-state index contributed by atoms with van der Waals surface area (Å²) in [4.78, 5) is 15.2. The minimum absolute atomic E-state index is 0.329. The van der Waals surface area contributed by atoms with Gasteiger partial charge in [0.15, 0.2) is 0 Å². The largest absolute Gasteiger partial charge is 0.496 e. The van der Waals surface area contributed by atoms with E-state index in [4.69, 9.17) is 10.6 Å². The lowest BCUT2D eigenvalue weighted by atomic mass is 10.2. The number of hydrazine groups is 1. The summed E-state index contributed by atoms with van der Waals surface area (Å²) in [5.74, 6) is 5.43. The molecule has 0 fully saturated rings. The molecule has 0 atom stereocenters. The second-order valence-electron chi connectivity index (χ2n) is 2.49. The zero-order chi connectivity index (χ0) is 9.84. The fourth-order valence-electron chi connectivity index (χ4n) is 0.910. The molecule has 5 heteroatoms. The van der Waals surface area contributed by atoms with Crippen LogP contribution in [-0.2, 0) is 0 Å². The summed E-state index contributed by atoms with van der Waals surface area (Å²) < 4.78 is 4.97. The number of nitrogens with zero attached hydrogens (tertiary/aromatic N) is 2. The third-order valence-corrected chi connectivity index (χ3v) is 1.55. The third kappa shape index (κ3) is 1.94. The average molecular weight is 181 g/mol. The molecule has 0 unspecified atom stereocenters. The van der Waals surface area contributed by atoms with Crippen molar-refractivity contribution < 1.29 is 9.53 Å². The molecule has 5 nitrogen and oxygen atoms in total. The van der Waals surface area contributed by atoms with Crippen LogP contribution in [0, 0.1) is 0 Å². The first-order valence-electron chi connectivity index (χ1n) is 3.67. The molecular formula is C8H11N3O2. The zero-order valence-corrected chi connectivity index (χ0v) is 7.52. The number of amides is 1. The van der Waals surface area contributed by atoms with E-state index in [0.717, 1.165) is 5.01 Å². The van der Waals surface area contributed by atoms with Gasteiger partial charge in [-0.1, -0.05) is 0 Å². The van der Waals surface area contributed by atoms with Crippen LogP contribution in [0.3, 0.4) is 0 Å². The maximum atomic E-state index is 11.4. The quantitative estimate of drug-likeness (QED) is 0.397. The second-order valence-corrected chi connectivity index (χ2v) is 2.49. The van der Waals surface area contributed by atoms with Crippen molar-refractivity contribution in [2.24, 2.45) is 5.84 Å². The van der Waals surface area contributed by atoms with Gasteiger partial charge in [-0.15, -0.1) is 0 Å². The number of nitrogens with two attached hydrogens (primary N) is 1.